The van der Waals surface area contributed by atoms with E-state index in [9.17, 15) is 9.59 Å². The molecule has 9 nitrogen and oxygen atoms in total. The summed E-state index contributed by atoms with van der Waals surface area (Å²) in [5.74, 6) is -3.59. The van der Waals surface area contributed by atoms with Crippen LogP contribution in [0.3, 0.4) is 0 Å². The van der Waals surface area contributed by atoms with Gasteiger partial charge >= 0.3 is 11.9 Å². The van der Waals surface area contributed by atoms with Gasteiger partial charge in [0, 0.05) is 55.5 Å². The van der Waals surface area contributed by atoms with Gasteiger partial charge in [0.15, 0.2) is 0 Å². The lowest BCUT2D eigenvalue weighted by Gasteiger charge is -2.39. The third-order valence-electron chi connectivity index (χ3n) is 6.04. The lowest BCUT2D eigenvalue weighted by atomic mass is 9.95. The van der Waals surface area contributed by atoms with E-state index in [1.165, 1.54) is 5.69 Å². The monoisotopic (exact) mass is 501 g/mol. The Labute approximate surface area is 208 Å². The van der Waals surface area contributed by atoms with Crippen molar-refractivity contribution in [1.82, 2.24) is 9.80 Å². The van der Waals surface area contributed by atoms with E-state index in [2.05, 4.69) is 17.0 Å². The molecule has 2 N–H and O–H groups in total. The molecular weight excluding hydrogens is 474 g/mol. The number of benzene rings is 2. The van der Waals surface area contributed by atoms with Crippen molar-refractivity contribution in [2.24, 2.45) is 5.92 Å². The van der Waals surface area contributed by atoms with Crippen LogP contribution in [-0.4, -0.2) is 83.0 Å². The zero-order chi connectivity index (χ0) is 25.4. The molecule has 2 aromatic rings. The van der Waals surface area contributed by atoms with E-state index >= 15 is 0 Å². The zero-order valence-corrected chi connectivity index (χ0v) is 19.9. The zero-order valence-electron chi connectivity index (χ0n) is 19.2. The largest absolute Gasteiger partial charge is 0.473 e. The van der Waals surface area contributed by atoms with E-state index in [1.54, 1.807) is 24.3 Å². The van der Waals surface area contributed by atoms with Crippen molar-refractivity contribution in [3.8, 4) is 0 Å². The smallest absolute Gasteiger partial charge is 0.414 e. The van der Waals surface area contributed by atoms with Crippen molar-refractivity contribution in [3.05, 3.63) is 65.2 Å². The van der Waals surface area contributed by atoms with Gasteiger partial charge in [-0.3, -0.25) is 9.59 Å². The molecule has 0 aliphatic carbocycles. The van der Waals surface area contributed by atoms with Crippen LogP contribution in [0.25, 0.3) is 0 Å². The summed E-state index contributed by atoms with van der Waals surface area (Å²) in [7, 11) is 0. The van der Waals surface area contributed by atoms with Crippen LogP contribution in [0.5, 0.6) is 0 Å². The second kappa shape index (κ2) is 12.2. The first kappa shape index (κ1) is 26.0. The number of carbonyl (C=O) groups excluding carboxylic acids is 2. The van der Waals surface area contributed by atoms with E-state index in [1.807, 2.05) is 28.0 Å². The molecule has 10 heteroatoms. The molecule has 4 rings (SSSR count). The molecule has 0 saturated carbocycles. The molecule has 0 aromatic heterocycles. The van der Waals surface area contributed by atoms with Crippen LogP contribution < -0.4 is 4.90 Å². The van der Waals surface area contributed by atoms with E-state index in [-0.39, 0.29) is 17.7 Å². The predicted octanol–water partition coefficient (Wildman–Crippen LogP) is 2.70. The van der Waals surface area contributed by atoms with Crippen molar-refractivity contribution in [1.29, 1.82) is 0 Å². The number of amides is 2. The van der Waals surface area contributed by atoms with Gasteiger partial charge in [-0.1, -0.05) is 29.8 Å². The molecule has 0 radical (unpaired) electrons. The highest BCUT2D eigenvalue weighted by Crippen LogP contribution is 2.23. The molecule has 35 heavy (non-hydrogen) atoms. The second-order valence-corrected chi connectivity index (χ2v) is 8.79. The first-order valence-electron chi connectivity index (χ1n) is 11.4. The molecule has 2 saturated heterocycles. The van der Waals surface area contributed by atoms with Crippen molar-refractivity contribution in [3.63, 3.8) is 0 Å². The van der Waals surface area contributed by atoms with Crippen molar-refractivity contribution < 1.29 is 29.4 Å². The standard InChI is InChI=1S/C23H26ClN3O2.C2H2O4/c24-20-10-8-18(9-11-20)22(28)27-12-4-5-19(17-27)23(29)26-15-13-25(14-16-26)21-6-2-1-3-7-21;3-1(4)2(5)6/h1-3,6-11,19H,4-5,12-17H2;(H,3,4)(H,5,6). The molecule has 2 amide bonds. The number of piperidine rings is 1. The molecule has 2 heterocycles. The minimum absolute atomic E-state index is 0.0203. The summed E-state index contributed by atoms with van der Waals surface area (Å²) in [6, 6.07) is 17.3. The summed E-state index contributed by atoms with van der Waals surface area (Å²) >= 11 is 5.92. The van der Waals surface area contributed by atoms with Crippen LogP contribution >= 0.6 is 11.6 Å². The van der Waals surface area contributed by atoms with Gasteiger partial charge in [-0.2, -0.15) is 0 Å². The Morgan fingerprint density at radius 2 is 1.37 bits per heavy atom. The summed E-state index contributed by atoms with van der Waals surface area (Å²) in [6.07, 6.45) is 1.71. The van der Waals surface area contributed by atoms with Gasteiger partial charge in [-0.15, -0.1) is 0 Å². The van der Waals surface area contributed by atoms with Gasteiger partial charge in [0.1, 0.15) is 0 Å². The Morgan fingerprint density at radius 3 is 1.94 bits per heavy atom. The maximum atomic E-state index is 13.1. The third-order valence-corrected chi connectivity index (χ3v) is 6.30. The van der Waals surface area contributed by atoms with Crippen molar-refractivity contribution in [2.45, 2.75) is 12.8 Å². The van der Waals surface area contributed by atoms with Gasteiger partial charge in [0.2, 0.25) is 5.91 Å². The molecule has 0 spiro atoms. The summed E-state index contributed by atoms with van der Waals surface area (Å²) in [5, 5.41) is 15.4. The normalized spacial score (nSPS) is 17.7. The number of rotatable bonds is 3. The number of para-hydroxylation sites is 1. The average molecular weight is 502 g/mol. The summed E-state index contributed by atoms with van der Waals surface area (Å²) < 4.78 is 0. The molecule has 2 aromatic carbocycles. The molecule has 1 unspecified atom stereocenters. The Morgan fingerprint density at radius 1 is 0.771 bits per heavy atom. The predicted molar refractivity (Wildman–Crippen MR) is 131 cm³/mol. The molecular formula is C25H28ClN3O6. The van der Waals surface area contributed by atoms with Crippen LogP contribution in [0.15, 0.2) is 54.6 Å². The second-order valence-electron chi connectivity index (χ2n) is 8.36. The maximum absolute atomic E-state index is 13.1. The fraction of sp³-hybridized carbons (Fsp3) is 0.360. The number of hydrogen-bond donors (Lipinski definition) is 2. The number of nitrogens with zero attached hydrogens (tertiary/aromatic N) is 3. The highest BCUT2D eigenvalue weighted by atomic mass is 35.5. The van der Waals surface area contributed by atoms with Gasteiger partial charge in [0.05, 0.1) is 5.92 Å². The Kier molecular flexibility index (Phi) is 9.08. The van der Waals surface area contributed by atoms with Crippen LogP contribution in [-0.2, 0) is 14.4 Å². The van der Waals surface area contributed by atoms with Crippen LogP contribution in [0.1, 0.15) is 23.2 Å². The first-order valence-corrected chi connectivity index (χ1v) is 11.7. The number of aliphatic carboxylic acids is 2. The Hall–Kier alpha value is -3.59. The molecule has 186 valence electrons. The first-order chi connectivity index (χ1) is 16.8. The fourth-order valence-electron chi connectivity index (χ4n) is 4.22. The van der Waals surface area contributed by atoms with Crippen molar-refractivity contribution >= 4 is 41.0 Å². The number of halogens is 1. The van der Waals surface area contributed by atoms with Crippen LogP contribution in [0.2, 0.25) is 5.02 Å². The molecule has 1 atom stereocenters. The number of carbonyl (C=O) groups is 4. The number of likely N-dealkylation sites (tertiary alicyclic amines) is 1. The van der Waals surface area contributed by atoms with Gasteiger partial charge in [0.25, 0.3) is 5.91 Å². The van der Waals surface area contributed by atoms with Gasteiger partial charge < -0.3 is 24.9 Å². The average Bonchev–Trinajstić information content (AvgIpc) is 2.89. The van der Waals surface area contributed by atoms with Gasteiger partial charge in [-0.25, -0.2) is 9.59 Å². The molecule has 2 aliphatic rings. The quantitative estimate of drug-likeness (QED) is 0.621. The maximum Gasteiger partial charge on any atom is 0.414 e. The van der Waals surface area contributed by atoms with Gasteiger partial charge in [-0.05, 0) is 49.2 Å². The lowest BCUT2D eigenvalue weighted by Crippen LogP contribution is -2.53. The highest BCUT2D eigenvalue weighted by Gasteiger charge is 2.32. The Balaban J connectivity index is 0.000000509. The number of carboxylic acid groups (broad SMARTS) is 2. The minimum atomic E-state index is -1.82. The summed E-state index contributed by atoms with van der Waals surface area (Å²) in [4.78, 5) is 50.2. The van der Waals surface area contributed by atoms with E-state index < -0.39 is 11.9 Å². The van der Waals surface area contributed by atoms with Crippen molar-refractivity contribution in [2.75, 3.05) is 44.2 Å². The third kappa shape index (κ3) is 7.19. The number of carboxylic acids is 2. The van der Waals surface area contributed by atoms with E-state index in [0.717, 1.165) is 39.0 Å². The summed E-state index contributed by atoms with van der Waals surface area (Å²) in [5.41, 5.74) is 1.83. The molecule has 0 bridgehead atoms. The topological polar surface area (TPSA) is 118 Å². The Bertz CT molecular complexity index is 1030. The van der Waals surface area contributed by atoms with E-state index in [0.29, 0.717) is 23.7 Å². The fourth-order valence-corrected chi connectivity index (χ4v) is 4.35. The summed E-state index contributed by atoms with van der Waals surface area (Å²) in [6.45, 7) is 4.35. The lowest BCUT2D eigenvalue weighted by molar-refractivity contribution is -0.159. The molecule has 2 aliphatic heterocycles. The van der Waals surface area contributed by atoms with Crippen LogP contribution in [0, 0.1) is 5.92 Å². The number of anilines is 1. The van der Waals surface area contributed by atoms with E-state index in [4.69, 9.17) is 31.4 Å². The SMILES string of the molecule is O=C(O)C(=O)O.O=C(c1ccc(Cl)cc1)N1CCCC(C(=O)N2CCN(c3ccccc3)CC2)C1. The van der Waals surface area contributed by atoms with Crippen LogP contribution in [0.4, 0.5) is 5.69 Å². The number of piperazine rings is 1. The highest BCUT2D eigenvalue weighted by molar-refractivity contribution is 6.30. The number of hydrogen-bond acceptors (Lipinski definition) is 5. The molecule has 2 fully saturated rings. The minimum Gasteiger partial charge on any atom is -0.473 e.